The zero-order valence-corrected chi connectivity index (χ0v) is 11.1. The Labute approximate surface area is 116 Å². The van der Waals surface area contributed by atoms with Crippen molar-refractivity contribution in [1.82, 2.24) is 0 Å². The van der Waals surface area contributed by atoms with Gasteiger partial charge in [-0.1, -0.05) is 12.1 Å². The van der Waals surface area contributed by atoms with Crippen molar-refractivity contribution in [3.8, 4) is 11.5 Å². The molecular weight excluding hydrogens is 317 g/mol. The van der Waals surface area contributed by atoms with Gasteiger partial charge in [-0.15, -0.1) is 0 Å². The number of anilines is 1. The topological polar surface area (TPSA) is 69.6 Å². The number of phenols is 2. The third-order valence-corrected chi connectivity index (χ3v) is 3.11. The summed E-state index contributed by atoms with van der Waals surface area (Å²) in [5, 5.41) is 21.4. The van der Waals surface area contributed by atoms with Gasteiger partial charge in [0.2, 0.25) is 0 Å². The van der Waals surface area contributed by atoms with Crippen LogP contribution in [0.5, 0.6) is 11.5 Å². The van der Waals surface area contributed by atoms with Crippen LogP contribution in [0.25, 0.3) is 0 Å². The average molecular weight is 326 g/mol. The smallest absolute Gasteiger partial charge is 0.263 e. The highest BCUT2D eigenvalue weighted by Crippen LogP contribution is 2.30. The number of carbonyl (C=O) groups is 1. The van der Waals surface area contributed by atoms with Crippen LogP contribution in [-0.4, -0.2) is 16.1 Å². The Hall–Kier alpha value is -2.08. The summed E-state index contributed by atoms with van der Waals surface area (Å²) < 4.78 is 13.9. The number of hydrogen-bond donors (Lipinski definition) is 3. The van der Waals surface area contributed by atoms with Gasteiger partial charge in [0, 0.05) is 4.47 Å². The molecule has 98 valence electrons. The van der Waals surface area contributed by atoms with Gasteiger partial charge in [0.15, 0.2) is 0 Å². The zero-order valence-electron chi connectivity index (χ0n) is 9.52. The Bertz CT molecular complexity index is 605. The van der Waals surface area contributed by atoms with E-state index in [-0.39, 0.29) is 22.7 Å². The molecule has 0 atom stereocenters. The van der Waals surface area contributed by atoms with Crippen LogP contribution < -0.4 is 5.32 Å². The first-order chi connectivity index (χ1) is 9.00. The van der Waals surface area contributed by atoms with Gasteiger partial charge in [-0.3, -0.25) is 4.79 Å². The molecule has 0 fully saturated rings. The molecule has 6 heteroatoms. The average Bonchev–Trinajstić information content (AvgIpc) is 2.34. The summed E-state index contributed by atoms with van der Waals surface area (Å²) in [6.45, 7) is 0. The Morgan fingerprint density at radius 3 is 2.26 bits per heavy atom. The third-order valence-electron chi connectivity index (χ3n) is 2.45. The van der Waals surface area contributed by atoms with E-state index in [0.29, 0.717) is 4.47 Å². The highest BCUT2D eigenvalue weighted by Gasteiger charge is 2.18. The fourth-order valence-electron chi connectivity index (χ4n) is 1.55. The lowest BCUT2D eigenvalue weighted by atomic mass is 10.1. The summed E-state index contributed by atoms with van der Waals surface area (Å²) in [6.07, 6.45) is 0. The van der Waals surface area contributed by atoms with Crippen molar-refractivity contribution in [2.24, 2.45) is 0 Å². The van der Waals surface area contributed by atoms with Gasteiger partial charge in [0.1, 0.15) is 22.9 Å². The minimum atomic E-state index is -0.804. The first-order valence-corrected chi connectivity index (χ1v) is 6.06. The number of aromatic hydroxyl groups is 2. The van der Waals surface area contributed by atoms with Crippen molar-refractivity contribution in [1.29, 1.82) is 0 Å². The van der Waals surface area contributed by atoms with Gasteiger partial charge < -0.3 is 15.5 Å². The summed E-state index contributed by atoms with van der Waals surface area (Å²) in [6, 6.07) is 8.12. The number of halogens is 2. The van der Waals surface area contributed by atoms with Crippen LogP contribution in [-0.2, 0) is 0 Å². The van der Waals surface area contributed by atoms with Crippen molar-refractivity contribution in [2.75, 3.05) is 5.32 Å². The first kappa shape index (κ1) is 13.4. The van der Waals surface area contributed by atoms with Crippen LogP contribution in [0.3, 0.4) is 0 Å². The second kappa shape index (κ2) is 5.27. The van der Waals surface area contributed by atoms with Gasteiger partial charge in [-0.05, 0) is 40.2 Å². The summed E-state index contributed by atoms with van der Waals surface area (Å²) >= 11 is 3.11. The van der Waals surface area contributed by atoms with Crippen LogP contribution in [0.1, 0.15) is 10.4 Å². The molecule has 2 rings (SSSR count). The molecule has 0 aliphatic rings. The van der Waals surface area contributed by atoms with Crippen molar-refractivity contribution < 1.29 is 19.4 Å². The molecule has 0 saturated carbocycles. The fraction of sp³-hybridized carbons (Fsp3) is 0. The molecule has 4 nitrogen and oxygen atoms in total. The number of phenolic OH excluding ortho intramolecular Hbond substituents is 2. The molecular formula is C13H9BrFNO3. The Balaban J connectivity index is 2.37. The molecule has 2 aromatic carbocycles. The van der Waals surface area contributed by atoms with Gasteiger partial charge in [-0.2, -0.15) is 0 Å². The highest BCUT2D eigenvalue weighted by molar-refractivity contribution is 9.10. The van der Waals surface area contributed by atoms with Gasteiger partial charge in [0.25, 0.3) is 5.91 Å². The Kier molecular flexibility index (Phi) is 3.71. The van der Waals surface area contributed by atoms with E-state index >= 15 is 0 Å². The first-order valence-electron chi connectivity index (χ1n) is 5.27. The van der Waals surface area contributed by atoms with Crippen molar-refractivity contribution in [3.05, 3.63) is 52.3 Å². The van der Waals surface area contributed by atoms with E-state index in [1.807, 2.05) is 0 Å². The van der Waals surface area contributed by atoms with E-state index in [2.05, 4.69) is 21.2 Å². The number of nitrogens with one attached hydrogen (secondary N) is 1. The number of carbonyl (C=O) groups excluding carboxylic acids is 1. The van der Waals surface area contributed by atoms with Gasteiger partial charge in [-0.25, -0.2) is 4.39 Å². The minimum Gasteiger partial charge on any atom is -0.507 e. The minimum absolute atomic E-state index is 0.0600. The molecule has 0 bridgehead atoms. The Morgan fingerprint density at radius 2 is 1.68 bits per heavy atom. The molecule has 0 aliphatic heterocycles. The summed E-state index contributed by atoms with van der Waals surface area (Å²) in [4.78, 5) is 11.9. The summed E-state index contributed by atoms with van der Waals surface area (Å²) in [7, 11) is 0. The van der Waals surface area contributed by atoms with E-state index in [1.165, 1.54) is 30.3 Å². The molecule has 2 aromatic rings. The molecule has 19 heavy (non-hydrogen) atoms. The van der Waals surface area contributed by atoms with Crippen LogP contribution in [0.2, 0.25) is 0 Å². The van der Waals surface area contributed by atoms with Crippen molar-refractivity contribution in [2.45, 2.75) is 0 Å². The number of benzene rings is 2. The van der Waals surface area contributed by atoms with E-state index in [1.54, 1.807) is 6.07 Å². The predicted octanol–water partition coefficient (Wildman–Crippen LogP) is 3.25. The highest BCUT2D eigenvalue weighted by atomic mass is 79.9. The lowest BCUT2D eigenvalue weighted by Gasteiger charge is -2.10. The largest absolute Gasteiger partial charge is 0.507 e. The quantitative estimate of drug-likeness (QED) is 0.793. The van der Waals surface area contributed by atoms with Crippen molar-refractivity contribution >= 4 is 27.5 Å². The normalized spacial score (nSPS) is 10.2. The number of rotatable bonds is 2. The van der Waals surface area contributed by atoms with Crippen LogP contribution in [0.4, 0.5) is 10.1 Å². The molecule has 0 unspecified atom stereocenters. The molecule has 0 radical (unpaired) electrons. The fourth-order valence-corrected chi connectivity index (χ4v) is 2.00. The van der Waals surface area contributed by atoms with Crippen molar-refractivity contribution in [3.63, 3.8) is 0 Å². The Morgan fingerprint density at radius 1 is 1.11 bits per heavy atom. The molecule has 0 heterocycles. The van der Waals surface area contributed by atoms with E-state index < -0.39 is 11.7 Å². The van der Waals surface area contributed by atoms with Crippen LogP contribution in [0, 0.1) is 5.82 Å². The van der Waals surface area contributed by atoms with E-state index in [0.717, 1.165) is 0 Å². The standard InChI is InChI=1S/C13H9BrFNO3/c14-7-3-1-4-8(15)12(7)16-13(19)11-9(17)5-2-6-10(11)18/h1-6,17-18H,(H,16,19). The van der Waals surface area contributed by atoms with E-state index in [4.69, 9.17) is 0 Å². The molecule has 1 amide bonds. The SMILES string of the molecule is O=C(Nc1c(F)cccc1Br)c1c(O)cccc1O. The zero-order chi connectivity index (χ0) is 14.0. The summed E-state index contributed by atoms with van der Waals surface area (Å²) in [5.41, 5.74) is -0.368. The molecule has 0 spiro atoms. The van der Waals surface area contributed by atoms with Crippen LogP contribution in [0.15, 0.2) is 40.9 Å². The maximum Gasteiger partial charge on any atom is 0.263 e. The number of amides is 1. The van der Waals surface area contributed by atoms with Crippen LogP contribution >= 0.6 is 15.9 Å². The monoisotopic (exact) mass is 325 g/mol. The van der Waals surface area contributed by atoms with Gasteiger partial charge >= 0.3 is 0 Å². The molecule has 0 saturated heterocycles. The maximum absolute atomic E-state index is 13.6. The molecule has 3 N–H and O–H groups in total. The second-order valence-electron chi connectivity index (χ2n) is 3.72. The van der Waals surface area contributed by atoms with Gasteiger partial charge in [0.05, 0.1) is 5.69 Å². The number of hydrogen-bond acceptors (Lipinski definition) is 3. The molecule has 0 aliphatic carbocycles. The predicted molar refractivity (Wildman–Crippen MR) is 71.8 cm³/mol. The maximum atomic E-state index is 13.6. The number of para-hydroxylation sites is 1. The summed E-state index contributed by atoms with van der Waals surface area (Å²) in [5.74, 6) is -2.20. The lowest BCUT2D eigenvalue weighted by Crippen LogP contribution is -2.14. The second-order valence-corrected chi connectivity index (χ2v) is 4.58. The lowest BCUT2D eigenvalue weighted by molar-refractivity contribution is 0.102. The third kappa shape index (κ3) is 2.68. The van der Waals surface area contributed by atoms with E-state index in [9.17, 15) is 19.4 Å². The molecule has 0 aromatic heterocycles.